The van der Waals surface area contributed by atoms with Gasteiger partial charge in [-0.15, -0.1) is 0 Å². The van der Waals surface area contributed by atoms with Crippen LogP contribution >= 0.6 is 0 Å². The highest BCUT2D eigenvalue weighted by molar-refractivity contribution is 6.25. The molecular weight excluding hydrogens is 336 g/mol. The van der Waals surface area contributed by atoms with Crippen LogP contribution in [0.25, 0.3) is 10.8 Å². The van der Waals surface area contributed by atoms with E-state index >= 15 is 0 Å². The number of imide groups is 1. The molecule has 27 heavy (non-hydrogen) atoms. The maximum atomic E-state index is 13.1. The summed E-state index contributed by atoms with van der Waals surface area (Å²) in [5.41, 5.74) is 3.34. The summed E-state index contributed by atoms with van der Waals surface area (Å²) in [5.74, 6) is -0.281. The van der Waals surface area contributed by atoms with Crippen LogP contribution in [0.5, 0.6) is 0 Å². The lowest BCUT2D eigenvalue weighted by Gasteiger charge is -2.19. The molecule has 5 rings (SSSR count). The predicted octanol–water partition coefficient (Wildman–Crippen LogP) is 3.23. The maximum Gasteiger partial charge on any atom is 0.251 e. The van der Waals surface area contributed by atoms with Gasteiger partial charge < -0.3 is 5.32 Å². The van der Waals surface area contributed by atoms with Gasteiger partial charge in [-0.05, 0) is 35.4 Å². The van der Waals surface area contributed by atoms with E-state index in [1.807, 2.05) is 54.6 Å². The van der Waals surface area contributed by atoms with Gasteiger partial charge in [-0.3, -0.25) is 9.59 Å². The Morgan fingerprint density at radius 3 is 2.22 bits per heavy atom. The van der Waals surface area contributed by atoms with E-state index in [0.29, 0.717) is 5.69 Å². The molecule has 1 saturated heterocycles. The van der Waals surface area contributed by atoms with Crippen molar-refractivity contribution in [2.45, 2.75) is 31.3 Å². The number of hydrogen-bond acceptors (Lipinski definition) is 3. The van der Waals surface area contributed by atoms with E-state index in [0.717, 1.165) is 23.6 Å². The Morgan fingerprint density at radius 2 is 1.44 bits per heavy atom. The van der Waals surface area contributed by atoms with Crippen molar-refractivity contribution in [3.8, 4) is 0 Å². The molecule has 4 heteroatoms. The number of carbonyl (C=O) groups is 2. The Hall–Kier alpha value is -2.98. The number of fused-ring (bicyclic) bond motifs is 2. The lowest BCUT2D eigenvalue weighted by atomic mass is 10.1. The Labute approximate surface area is 157 Å². The second kappa shape index (κ2) is 6.32. The Balaban J connectivity index is 1.39. The molecule has 3 aromatic carbocycles. The predicted molar refractivity (Wildman–Crippen MR) is 106 cm³/mol. The topological polar surface area (TPSA) is 49.4 Å². The summed E-state index contributed by atoms with van der Waals surface area (Å²) in [7, 11) is 0. The second-order valence-corrected chi connectivity index (χ2v) is 7.36. The van der Waals surface area contributed by atoms with Gasteiger partial charge in [0.25, 0.3) is 5.91 Å². The number of rotatable bonds is 3. The fourth-order valence-electron chi connectivity index (χ4n) is 4.38. The minimum atomic E-state index is -0.448. The number of benzene rings is 3. The molecule has 1 aliphatic carbocycles. The quantitative estimate of drug-likeness (QED) is 0.733. The highest BCUT2D eigenvalue weighted by atomic mass is 16.2. The molecule has 0 aromatic heterocycles. The standard InChI is InChI=1S/C23H20N2O2/c26-22-14-20(24-18-12-16-7-1-2-8-17(16)13-18)23(27)25(22)21-11-5-9-15-6-3-4-10-19(15)21/h1-11,18,20,24H,12-14H2. The van der Waals surface area contributed by atoms with E-state index in [4.69, 9.17) is 0 Å². The molecule has 2 amide bonds. The molecular formula is C23H20N2O2. The van der Waals surface area contributed by atoms with Gasteiger partial charge in [-0.2, -0.15) is 0 Å². The maximum absolute atomic E-state index is 13.1. The highest BCUT2D eigenvalue weighted by Crippen LogP contribution is 2.31. The average molecular weight is 356 g/mol. The monoisotopic (exact) mass is 356 g/mol. The summed E-state index contributed by atoms with van der Waals surface area (Å²) in [6.07, 6.45) is 2.03. The Kier molecular flexibility index (Phi) is 3.80. The second-order valence-electron chi connectivity index (χ2n) is 7.36. The summed E-state index contributed by atoms with van der Waals surface area (Å²) in [5, 5.41) is 5.39. The first-order valence-electron chi connectivity index (χ1n) is 9.38. The van der Waals surface area contributed by atoms with Gasteiger partial charge in [-0.1, -0.05) is 60.7 Å². The van der Waals surface area contributed by atoms with E-state index < -0.39 is 6.04 Å². The lowest BCUT2D eigenvalue weighted by molar-refractivity contribution is -0.121. The summed E-state index contributed by atoms with van der Waals surface area (Å²) in [6.45, 7) is 0. The number of hydrogen-bond donors (Lipinski definition) is 1. The molecule has 0 bridgehead atoms. The van der Waals surface area contributed by atoms with Crippen LogP contribution in [0.1, 0.15) is 17.5 Å². The largest absolute Gasteiger partial charge is 0.302 e. The van der Waals surface area contributed by atoms with Crippen LogP contribution in [-0.4, -0.2) is 23.9 Å². The van der Waals surface area contributed by atoms with Crippen LogP contribution < -0.4 is 10.2 Å². The molecule has 4 nitrogen and oxygen atoms in total. The van der Waals surface area contributed by atoms with Gasteiger partial charge in [0.2, 0.25) is 5.91 Å². The van der Waals surface area contributed by atoms with Crippen LogP contribution in [0.15, 0.2) is 66.7 Å². The summed E-state index contributed by atoms with van der Waals surface area (Å²) < 4.78 is 0. The van der Waals surface area contributed by atoms with Crippen molar-refractivity contribution in [1.29, 1.82) is 0 Å². The molecule has 3 aromatic rings. The van der Waals surface area contributed by atoms with Crippen LogP contribution in [0.3, 0.4) is 0 Å². The summed E-state index contributed by atoms with van der Waals surface area (Å²) in [6, 6.07) is 21.7. The molecule has 1 atom stereocenters. The first-order valence-corrected chi connectivity index (χ1v) is 9.38. The van der Waals surface area contributed by atoms with Crippen molar-refractivity contribution < 1.29 is 9.59 Å². The van der Waals surface area contributed by atoms with E-state index in [1.54, 1.807) is 0 Å². The van der Waals surface area contributed by atoms with Gasteiger partial charge in [0, 0.05) is 11.4 Å². The molecule has 2 aliphatic rings. The van der Waals surface area contributed by atoms with Crippen LogP contribution in [-0.2, 0) is 22.4 Å². The van der Waals surface area contributed by atoms with Crippen LogP contribution in [0.2, 0.25) is 0 Å². The Morgan fingerprint density at radius 1 is 0.778 bits per heavy atom. The summed E-state index contributed by atoms with van der Waals surface area (Å²) >= 11 is 0. The molecule has 134 valence electrons. The smallest absolute Gasteiger partial charge is 0.251 e. The van der Waals surface area contributed by atoms with Gasteiger partial charge in [-0.25, -0.2) is 4.90 Å². The average Bonchev–Trinajstić information content (AvgIpc) is 3.21. The van der Waals surface area contributed by atoms with Crippen molar-refractivity contribution in [1.82, 2.24) is 5.32 Å². The third-order valence-corrected chi connectivity index (χ3v) is 5.64. The van der Waals surface area contributed by atoms with Crippen molar-refractivity contribution in [3.05, 3.63) is 77.9 Å². The number of anilines is 1. The zero-order valence-electron chi connectivity index (χ0n) is 14.9. The first kappa shape index (κ1) is 16.2. The number of carbonyl (C=O) groups excluding carboxylic acids is 2. The van der Waals surface area contributed by atoms with Crippen molar-refractivity contribution in [3.63, 3.8) is 0 Å². The molecule has 0 saturated carbocycles. The third-order valence-electron chi connectivity index (χ3n) is 5.64. The summed E-state index contributed by atoms with van der Waals surface area (Å²) in [4.78, 5) is 27.1. The third kappa shape index (κ3) is 2.73. The molecule has 1 aliphatic heterocycles. The number of nitrogens with zero attached hydrogens (tertiary/aromatic N) is 1. The molecule has 1 fully saturated rings. The molecule has 1 unspecified atom stereocenters. The van der Waals surface area contributed by atoms with Crippen LogP contribution in [0.4, 0.5) is 5.69 Å². The van der Waals surface area contributed by atoms with Gasteiger partial charge >= 0.3 is 0 Å². The number of amides is 2. The highest BCUT2D eigenvalue weighted by Gasteiger charge is 2.41. The zero-order chi connectivity index (χ0) is 18.4. The lowest BCUT2D eigenvalue weighted by Crippen LogP contribution is -2.44. The van der Waals surface area contributed by atoms with Crippen molar-refractivity contribution >= 4 is 28.3 Å². The van der Waals surface area contributed by atoms with Gasteiger partial charge in [0.05, 0.1) is 18.2 Å². The minimum Gasteiger partial charge on any atom is -0.302 e. The van der Waals surface area contributed by atoms with Gasteiger partial charge in [0.15, 0.2) is 0 Å². The number of nitrogens with one attached hydrogen (secondary N) is 1. The van der Waals surface area contributed by atoms with E-state index in [9.17, 15) is 9.59 Å². The van der Waals surface area contributed by atoms with E-state index in [1.165, 1.54) is 16.0 Å². The zero-order valence-corrected chi connectivity index (χ0v) is 14.9. The SMILES string of the molecule is O=C1CC(NC2Cc3ccccc3C2)C(=O)N1c1cccc2ccccc12. The van der Waals surface area contributed by atoms with Crippen molar-refractivity contribution in [2.75, 3.05) is 4.90 Å². The van der Waals surface area contributed by atoms with E-state index in [-0.39, 0.29) is 24.3 Å². The van der Waals surface area contributed by atoms with Crippen molar-refractivity contribution in [2.24, 2.45) is 0 Å². The van der Waals surface area contributed by atoms with Crippen LogP contribution in [0, 0.1) is 0 Å². The Bertz CT molecular complexity index is 1030. The molecule has 1 N–H and O–H groups in total. The molecule has 0 radical (unpaired) electrons. The minimum absolute atomic E-state index is 0.135. The molecule has 1 heterocycles. The fraction of sp³-hybridized carbons (Fsp3) is 0.217. The van der Waals surface area contributed by atoms with E-state index in [2.05, 4.69) is 17.4 Å². The molecule has 0 spiro atoms. The van der Waals surface area contributed by atoms with Gasteiger partial charge in [0.1, 0.15) is 0 Å². The fourth-order valence-corrected chi connectivity index (χ4v) is 4.38. The first-order chi connectivity index (χ1) is 13.2. The normalized spacial score (nSPS) is 19.9.